The van der Waals surface area contributed by atoms with Crippen molar-refractivity contribution in [3.63, 3.8) is 0 Å². The fraction of sp³-hybridized carbons (Fsp3) is 0.176. The molecule has 0 radical (unpaired) electrons. The van der Waals surface area contributed by atoms with Crippen LogP contribution in [0.25, 0.3) is 10.2 Å². The third-order valence-corrected chi connectivity index (χ3v) is 4.35. The standard InChI is InChI=1S/C17H15FN2O3S/c1-22-13-8-12-15(9-14(13)23-2)24-17(19-12)20-16(21)7-10-3-5-11(18)6-4-10/h3-6,8-9H,7H2,1-2H3,(H,19,20,21). The van der Waals surface area contributed by atoms with Crippen LogP contribution in [0.5, 0.6) is 11.5 Å². The first kappa shape index (κ1) is 16.2. The molecule has 124 valence electrons. The molecule has 0 atom stereocenters. The molecule has 0 aliphatic heterocycles. The number of thiazole rings is 1. The van der Waals surface area contributed by atoms with E-state index in [2.05, 4.69) is 10.3 Å². The zero-order chi connectivity index (χ0) is 17.1. The van der Waals surface area contributed by atoms with Crippen LogP contribution in [0.15, 0.2) is 36.4 Å². The lowest BCUT2D eigenvalue weighted by molar-refractivity contribution is -0.115. The molecule has 3 aromatic rings. The number of hydrogen-bond acceptors (Lipinski definition) is 5. The van der Waals surface area contributed by atoms with Crippen molar-refractivity contribution in [2.75, 3.05) is 19.5 Å². The van der Waals surface area contributed by atoms with Gasteiger partial charge in [-0.1, -0.05) is 23.5 Å². The second kappa shape index (κ2) is 6.84. The maximum absolute atomic E-state index is 12.9. The second-order valence-corrected chi connectivity index (χ2v) is 6.08. The number of nitrogens with one attached hydrogen (secondary N) is 1. The zero-order valence-electron chi connectivity index (χ0n) is 13.1. The first-order valence-electron chi connectivity index (χ1n) is 7.16. The fourth-order valence-corrected chi connectivity index (χ4v) is 3.15. The number of anilines is 1. The van der Waals surface area contributed by atoms with Crippen molar-refractivity contribution in [2.24, 2.45) is 0 Å². The van der Waals surface area contributed by atoms with E-state index in [1.165, 1.54) is 23.5 Å². The average Bonchev–Trinajstić information content (AvgIpc) is 2.96. The molecular weight excluding hydrogens is 331 g/mol. The van der Waals surface area contributed by atoms with Gasteiger partial charge in [0.15, 0.2) is 16.6 Å². The number of fused-ring (bicyclic) bond motifs is 1. The van der Waals surface area contributed by atoms with Crippen LogP contribution in [0.1, 0.15) is 5.56 Å². The summed E-state index contributed by atoms with van der Waals surface area (Å²) in [5.74, 6) is 0.658. The van der Waals surface area contributed by atoms with E-state index >= 15 is 0 Å². The molecular formula is C17H15FN2O3S. The van der Waals surface area contributed by atoms with Gasteiger partial charge in [0.05, 0.1) is 30.9 Å². The summed E-state index contributed by atoms with van der Waals surface area (Å²) in [7, 11) is 3.12. The maximum atomic E-state index is 12.9. The molecule has 1 N–H and O–H groups in total. The Morgan fingerprint density at radius 1 is 1.17 bits per heavy atom. The molecule has 1 heterocycles. The quantitative estimate of drug-likeness (QED) is 0.766. The SMILES string of the molecule is COc1cc2nc(NC(=O)Cc3ccc(F)cc3)sc2cc1OC. The lowest BCUT2D eigenvalue weighted by Crippen LogP contribution is -2.14. The smallest absolute Gasteiger partial charge is 0.230 e. The Bertz CT molecular complexity index is 836. The van der Waals surface area contributed by atoms with E-state index in [0.717, 1.165) is 15.8 Å². The van der Waals surface area contributed by atoms with E-state index in [9.17, 15) is 9.18 Å². The van der Waals surface area contributed by atoms with Crippen molar-refractivity contribution >= 4 is 32.6 Å². The Kier molecular flexibility index (Phi) is 4.61. The van der Waals surface area contributed by atoms with Crippen LogP contribution in [-0.2, 0) is 11.2 Å². The number of methoxy groups -OCH3 is 2. The summed E-state index contributed by atoms with van der Waals surface area (Å²) in [4.78, 5) is 16.5. The molecule has 3 rings (SSSR count). The summed E-state index contributed by atoms with van der Waals surface area (Å²) in [5, 5.41) is 3.26. The molecule has 0 aliphatic carbocycles. The lowest BCUT2D eigenvalue weighted by atomic mass is 10.1. The first-order valence-corrected chi connectivity index (χ1v) is 7.97. The number of carbonyl (C=O) groups is 1. The molecule has 0 saturated carbocycles. The van der Waals surface area contributed by atoms with Gasteiger partial charge in [-0.15, -0.1) is 0 Å². The topological polar surface area (TPSA) is 60.5 Å². The van der Waals surface area contributed by atoms with Gasteiger partial charge in [0, 0.05) is 12.1 Å². The number of aromatic nitrogens is 1. The highest BCUT2D eigenvalue weighted by molar-refractivity contribution is 7.22. The van der Waals surface area contributed by atoms with Crippen LogP contribution in [-0.4, -0.2) is 25.1 Å². The third-order valence-electron chi connectivity index (χ3n) is 3.42. The Morgan fingerprint density at radius 2 is 1.83 bits per heavy atom. The zero-order valence-corrected chi connectivity index (χ0v) is 13.9. The van der Waals surface area contributed by atoms with Crippen molar-refractivity contribution in [1.29, 1.82) is 0 Å². The number of nitrogens with zero attached hydrogens (tertiary/aromatic N) is 1. The molecule has 0 bridgehead atoms. The van der Waals surface area contributed by atoms with Crippen LogP contribution in [0.3, 0.4) is 0 Å². The van der Waals surface area contributed by atoms with E-state index in [-0.39, 0.29) is 18.1 Å². The van der Waals surface area contributed by atoms with Crippen LogP contribution in [0.2, 0.25) is 0 Å². The van der Waals surface area contributed by atoms with Crippen molar-refractivity contribution in [1.82, 2.24) is 4.98 Å². The van der Waals surface area contributed by atoms with Gasteiger partial charge in [-0.05, 0) is 17.7 Å². The summed E-state index contributed by atoms with van der Waals surface area (Å²) in [5.41, 5.74) is 1.45. The highest BCUT2D eigenvalue weighted by Crippen LogP contribution is 2.36. The van der Waals surface area contributed by atoms with Crippen LogP contribution in [0, 0.1) is 5.82 Å². The van der Waals surface area contributed by atoms with Crippen molar-refractivity contribution < 1.29 is 18.7 Å². The molecule has 1 amide bonds. The van der Waals surface area contributed by atoms with Gasteiger partial charge >= 0.3 is 0 Å². The molecule has 7 heteroatoms. The number of halogens is 1. The van der Waals surface area contributed by atoms with Gasteiger partial charge in [-0.3, -0.25) is 4.79 Å². The van der Waals surface area contributed by atoms with E-state index in [0.29, 0.717) is 16.6 Å². The number of hydrogen-bond donors (Lipinski definition) is 1. The monoisotopic (exact) mass is 346 g/mol. The minimum atomic E-state index is -0.326. The summed E-state index contributed by atoms with van der Waals surface area (Å²) in [6.45, 7) is 0. The second-order valence-electron chi connectivity index (χ2n) is 5.05. The lowest BCUT2D eigenvalue weighted by Gasteiger charge is -2.05. The molecule has 24 heavy (non-hydrogen) atoms. The largest absolute Gasteiger partial charge is 0.493 e. The summed E-state index contributed by atoms with van der Waals surface area (Å²) >= 11 is 1.35. The molecule has 0 saturated heterocycles. The third kappa shape index (κ3) is 3.46. The predicted octanol–water partition coefficient (Wildman–Crippen LogP) is 3.63. The summed E-state index contributed by atoms with van der Waals surface area (Å²) in [6.07, 6.45) is 0.156. The van der Waals surface area contributed by atoms with Gasteiger partial charge in [-0.2, -0.15) is 0 Å². The number of amides is 1. The van der Waals surface area contributed by atoms with Crippen molar-refractivity contribution in [2.45, 2.75) is 6.42 Å². The summed E-state index contributed by atoms with van der Waals surface area (Å²) in [6, 6.07) is 9.42. The number of rotatable bonds is 5. The van der Waals surface area contributed by atoms with Crippen molar-refractivity contribution in [3.05, 3.63) is 47.8 Å². The number of benzene rings is 2. The Labute approximate surface area is 142 Å². The number of ether oxygens (including phenoxy) is 2. The van der Waals surface area contributed by atoms with Gasteiger partial charge < -0.3 is 14.8 Å². The molecule has 0 spiro atoms. The van der Waals surface area contributed by atoms with Gasteiger partial charge in [0.2, 0.25) is 5.91 Å². The van der Waals surface area contributed by atoms with E-state index in [4.69, 9.17) is 9.47 Å². The minimum absolute atomic E-state index is 0.156. The van der Waals surface area contributed by atoms with Crippen LogP contribution >= 0.6 is 11.3 Å². The number of carbonyl (C=O) groups excluding carboxylic acids is 1. The Balaban J connectivity index is 1.77. The normalized spacial score (nSPS) is 10.6. The van der Waals surface area contributed by atoms with Crippen LogP contribution < -0.4 is 14.8 Å². The molecule has 2 aromatic carbocycles. The molecule has 5 nitrogen and oxygen atoms in total. The molecule has 0 aliphatic rings. The van der Waals surface area contributed by atoms with E-state index < -0.39 is 0 Å². The van der Waals surface area contributed by atoms with E-state index in [1.54, 1.807) is 32.4 Å². The molecule has 1 aromatic heterocycles. The van der Waals surface area contributed by atoms with Crippen LogP contribution in [0.4, 0.5) is 9.52 Å². The average molecular weight is 346 g/mol. The fourth-order valence-electron chi connectivity index (χ4n) is 2.26. The highest BCUT2D eigenvalue weighted by Gasteiger charge is 2.12. The van der Waals surface area contributed by atoms with Gasteiger partial charge in [0.25, 0.3) is 0 Å². The molecule has 0 unspecified atom stereocenters. The van der Waals surface area contributed by atoms with Gasteiger partial charge in [0.1, 0.15) is 5.82 Å². The first-order chi connectivity index (χ1) is 11.6. The molecule has 0 fully saturated rings. The Morgan fingerprint density at radius 3 is 2.50 bits per heavy atom. The predicted molar refractivity (Wildman–Crippen MR) is 91.5 cm³/mol. The minimum Gasteiger partial charge on any atom is -0.493 e. The highest BCUT2D eigenvalue weighted by atomic mass is 32.1. The van der Waals surface area contributed by atoms with Crippen molar-refractivity contribution in [3.8, 4) is 11.5 Å². The van der Waals surface area contributed by atoms with E-state index in [1.807, 2.05) is 6.07 Å². The van der Waals surface area contributed by atoms with Gasteiger partial charge in [-0.25, -0.2) is 9.37 Å². The maximum Gasteiger partial charge on any atom is 0.230 e. The summed E-state index contributed by atoms with van der Waals surface area (Å²) < 4.78 is 24.3. The Hall–Kier alpha value is -2.67.